The summed E-state index contributed by atoms with van der Waals surface area (Å²) < 4.78 is 0. The third-order valence-corrected chi connectivity index (χ3v) is 5.56. The van der Waals surface area contributed by atoms with E-state index in [0.717, 1.165) is 13.0 Å². The maximum Gasteiger partial charge on any atom is 0.157 e. The van der Waals surface area contributed by atoms with E-state index in [1.807, 2.05) is 11.8 Å². The average molecular weight is 274 g/mol. The summed E-state index contributed by atoms with van der Waals surface area (Å²) in [5.41, 5.74) is 3.04. The van der Waals surface area contributed by atoms with Gasteiger partial charge in [0, 0.05) is 11.3 Å². The standard InChI is InChI=1S/C16H22N2S/c1-11(2)15-10-17-16(19-15)18-14-8-7-12-5-3-4-6-13(12)9-14/h3-6,11,14-15H,7-10H2,1-2H3,(H,17,18). The van der Waals surface area contributed by atoms with E-state index in [2.05, 4.69) is 48.4 Å². The van der Waals surface area contributed by atoms with Crippen LogP contribution >= 0.6 is 11.8 Å². The minimum atomic E-state index is 0.562. The molecular weight excluding hydrogens is 252 g/mol. The van der Waals surface area contributed by atoms with Gasteiger partial charge in [0.15, 0.2) is 5.17 Å². The predicted molar refractivity (Wildman–Crippen MR) is 83.9 cm³/mol. The topological polar surface area (TPSA) is 24.4 Å². The quantitative estimate of drug-likeness (QED) is 0.895. The van der Waals surface area contributed by atoms with Crippen molar-refractivity contribution >= 4 is 16.9 Å². The molecule has 19 heavy (non-hydrogen) atoms. The maximum absolute atomic E-state index is 4.66. The second-order valence-corrected chi connectivity index (χ2v) is 7.13. The van der Waals surface area contributed by atoms with Gasteiger partial charge in [-0.3, -0.25) is 4.99 Å². The molecule has 1 aliphatic carbocycles. The molecule has 2 nitrogen and oxygen atoms in total. The van der Waals surface area contributed by atoms with E-state index in [9.17, 15) is 0 Å². The van der Waals surface area contributed by atoms with Crippen molar-refractivity contribution in [1.29, 1.82) is 0 Å². The summed E-state index contributed by atoms with van der Waals surface area (Å²) in [6.07, 6.45) is 3.56. The number of thioether (sulfide) groups is 1. The molecule has 1 aliphatic heterocycles. The van der Waals surface area contributed by atoms with Gasteiger partial charge in [-0.25, -0.2) is 0 Å². The minimum Gasteiger partial charge on any atom is -0.362 e. The smallest absolute Gasteiger partial charge is 0.157 e. The molecular formula is C16H22N2S. The second-order valence-electron chi connectivity index (χ2n) is 5.90. The van der Waals surface area contributed by atoms with Crippen LogP contribution in [0.25, 0.3) is 0 Å². The van der Waals surface area contributed by atoms with E-state index in [4.69, 9.17) is 0 Å². The first-order chi connectivity index (χ1) is 9.22. The van der Waals surface area contributed by atoms with Crippen molar-refractivity contribution in [2.75, 3.05) is 6.54 Å². The lowest BCUT2D eigenvalue weighted by Gasteiger charge is -2.26. The lowest BCUT2D eigenvalue weighted by Crippen LogP contribution is -2.37. The number of benzene rings is 1. The molecule has 0 aromatic heterocycles. The zero-order chi connectivity index (χ0) is 13.2. The van der Waals surface area contributed by atoms with Crippen molar-refractivity contribution in [2.45, 2.75) is 44.4 Å². The van der Waals surface area contributed by atoms with Crippen molar-refractivity contribution in [2.24, 2.45) is 10.9 Å². The molecule has 0 saturated carbocycles. The highest BCUT2D eigenvalue weighted by molar-refractivity contribution is 8.14. The van der Waals surface area contributed by atoms with Crippen molar-refractivity contribution in [3.8, 4) is 0 Å². The van der Waals surface area contributed by atoms with Crippen molar-refractivity contribution in [3.05, 3.63) is 35.4 Å². The Morgan fingerprint density at radius 2 is 2.05 bits per heavy atom. The first kappa shape index (κ1) is 13.0. The molecule has 0 radical (unpaired) electrons. The van der Waals surface area contributed by atoms with Crippen molar-refractivity contribution in [1.82, 2.24) is 5.32 Å². The summed E-state index contributed by atoms with van der Waals surface area (Å²) in [4.78, 5) is 4.66. The molecule has 0 saturated heterocycles. The Morgan fingerprint density at radius 1 is 1.26 bits per heavy atom. The number of amidine groups is 1. The summed E-state index contributed by atoms with van der Waals surface area (Å²) >= 11 is 1.93. The lowest BCUT2D eigenvalue weighted by atomic mass is 9.88. The van der Waals surface area contributed by atoms with Gasteiger partial charge >= 0.3 is 0 Å². The van der Waals surface area contributed by atoms with Crippen LogP contribution in [0.15, 0.2) is 29.3 Å². The van der Waals surface area contributed by atoms with Gasteiger partial charge in [-0.15, -0.1) is 0 Å². The Kier molecular flexibility index (Phi) is 3.83. The minimum absolute atomic E-state index is 0.562. The van der Waals surface area contributed by atoms with Gasteiger partial charge < -0.3 is 5.32 Å². The molecule has 1 aromatic rings. The van der Waals surface area contributed by atoms with Crippen LogP contribution in [0.2, 0.25) is 0 Å². The maximum atomic E-state index is 4.66. The molecule has 0 bridgehead atoms. The van der Waals surface area contributed by atoms with Gasteiger partial charge in [0.05, 0.1) is 6.54 Å². The van der Waals surface area contributed by atoms with Gasteiger partial charge in [-0.2, -0.15) is 0 Å². The molecule has 1 heterocycles. The van der Waals surface area contributed by atoms with Crippen LogP contribution in [0.4, 0.5) is 0 Å². The number of aryl methyl sites for hydroxylation is 1. The third-order valence-electron chi connectivity index (χ3n) is 4.10. The van der Waals surface area contributed by atoms with E-state index >= 15 is 0 Å². The van der Waals surface area contributed by atoms with E-state index in [1.54, 1.807) is 0 Å². The van der Waals surface area contributed by atoms with Crippen LogP contribution in [0.3, 0.4) is 0 Å². The van der Waals surface area contributed by atoms with Gasteiger partial charge in [0.1, 0.15) is 0 Å². The van der Waals surface area contributed by atoms with Gasteiger partial charge in [-0.1, -0.05) is 49.9 Å². The normalized spacial score (nSPS) is 26.2. The molecule has 1 aromatic carbocycles. The van der Waals surface area contributed by atoms with Crippen molar-refractivity contribution < 1.29 is 0 Å². The Hall–Kier alpha value is -0.960. The van der Waals surface area contributed by atoms with Crippen molar-refractivity contribution in [3.63, 3.8) is 0 Å². The fourth-order valence-corrected chi connectivity index (χ4v) is 3.90. The number of hydrogen-bond acceptors (Lipinski definition) is 3. The zero-order valence-corrected chi connectivity index (χ0v) is 12.5. The molecule has 3 heteroatoms. The number of nitrogens with zero attached hydrogens (tertiary/aromatic N) is 1. The molecule has 3 rings (SSSR count). The molecule has 0 spiro atoms. The van der Waals surface area contributed by atoms with Crippen LogP contribution < -0.4 is 5.32 Å². The monoisotopic (exact) mass is 274 g/mol. The number of fused-ring (bicyclic) bond motifs is 1. The SMILES string of the molecule is CC(C)C1CN=C(NC2CCc3ccccc3C2)S1. The molecule has 2 unspecified atom stereocenters. The van der Waals surface area contributed by atoms with Gasteiger partial charge in [0.25, 0.3) is 0 Å². The second kappa shape index (κ2) is 5.58. The molecule has 0 amide bonds. The lowest BCUT2D eigenvalue weighted by molar-refractivity contribution is 0.531. The molecule has 2 aliphatic rings. The van der Waals surface area contributed by atoms with E-state index < -0.39 is 0 Å². The number of rotatable bonds is 2. The van der Waals surface area contributed by atoms with Crippen LogP contribution in [0, 0.1) is 5.92 Å². The molecule has 1 N–H and O–H groups in total. The first-order valence-electron chi connectivity index (χ1n) is 7.27. The highest BCUT2D eigenvalue weighted by Gasteiger charge is 2.25. The predicted octanol–water partition coefficient (Wildman–Crippen LogP) is 3.26. The number of aliphatic imine (C=N–C) groups is 1. The molecule has 102 valence electrons. The van der Waals surface area contributed by atoms with Crippen LogP contribution in [-0.2, 0) is 12.8 Å². The fourth-order valence-electron chi connectivity index (χ4n) is 2.81. The van der Waals surface area contributed by atoms with Crippen LogP contribution in [0.1, 0.15) is 31.4 Å². The first-order valence-corrected chi connectivity index (χ1v) is 8.15. The van der Waals surface area contributed by atoms with E-state index in [0.29, 0.717) is 17.2 Å². The Morgan fingerprint density at radius 3 is 2.79 bits per heavy atom. The van der Waals surface area contributed by atoms with Gasteiger partial charge in [0.2, 0.25) is 0 Å². The summed E-state index contributed by atoms with van der Waals surface area (Å²) in [6.45, 7) is 5.55. The summed E-state index contributed by atoms with van der Waals surface area (Å²) in [6, 6.07) is 9.40. The Balaban J connectivity index is 1.58. The average Bonchev–Trinajstić information content (AvgIpc) is 2.87. The van der Waals surface area contributed by atoms with E-state index in [1.165, 1.54) is 29.1 Å². The summed E-state index contributed by atoms with van der Waals surface area (Å²) in [5, 5.41) is 5.49. The number of hydrogen-bond donors (Lipinski definition) is 1. The summed E-state index contributed by atoms with van der Waals surface area (Å²) in [7, 11) is 0. The molecule has 2 atom stereocenters. The zero-order valence-electron chi connectivity index (χ0n) is 11.7. The summed E-state index contributed by atoms with van der Waals surface area (Å²) in [5.74, 6) is 0.708. The highest BCUT2D eigenvalue weighted by atomic mass is 32.2. The Bertz CT molecular complexity index is 481. The largest absolute Gasteiger partial charge is 0.362 e. The third kappa shape index (κ3) is 2.97. The van der Waals surface area contributed by atoms with Crippen LogP contribution in [0.5, 0.6) is 0 Å². The molecule has 0 fully saturated rings. The Labute approximate surface area is 120 Å². The van der Waals surface area contributed by atoms with Crippen LogP contribution in [-0.4, -0.2) is 23.0 Å². The van der Waals surface area contributed by atoms with Gasteiger partial charge in [-0.05, 0) is 36.3 Å². The fraction of sp³-hybridized carbons (Fsp3) is 0.562. The van der Waals surface area contributed by atoms with E-state index in [-0.39, 0.29) is 0 Å². The highest BCUT2D eigenvalue weighted by Crippen LogP contribution is 2.27. The number of nitrogens with one attached hydrogen (secondary N) is 1.